The molecular weight excluding hydrogens is 272 g/mol. The van der Waals surface area contributed by atoms with Crippen LogP contribution in [0, 0.1) is 11.6 Å². The van der Waals surface area contributed by atoms with Gasteiger partial charge in [0.05, 0.1) is 6.10 Å². The molecule has 2 nitrogen and oxygen atoms in total. The second kappa shape index (κ2) is 7.29. The first-order valence-corrected chi connectivity index (χ1v) is 6.91. The summed E-state index contributed by atoms with van der Waals surface area (Å²) in [6.45, 7) is 1.38. The van der Waals surface area contributed by atoms with E-state index in [9.17, 15) is 13.9 Å². The molecule has 1 atom stereocenters. The second-order valence-corrected chi connectivity index (χ2v) is 5.22. The molecule has 0 aromatic heterocycles. The van der Waals surface area contributed by atoms with E-state index in [0.29, 0.717) is 25.1 Å². The van der Waals surface area contributed by atoms with Gasteiger partial charge in [0, 0.05) is 13.1 Å². The molecule has 2 aromatic carbocycles. The van der Waals surface area contributed by atoms with E-state index in [0.717, 1.165) is 5.56 Å². The molecule has 0 saturated carbocycles. The summed E-state index contributed by atoms with van der Waals surface area (Å²) in [7, 11) is 1.95. The molecule has 0 fully saturated rings. The van der Waals surface area contributed by atoms with Crippen LogP contribution in [0.1, 0.15) is 23.7 Å². The molecule has 4 heteroatoms. The van der Waals surface area contributed by atoms with Gasteiger partial charge in [-0.25, -0.2) is 8.78 Å². The summed E-state index contributed by atoms with van der Waals surface area (Å²) in [6.07, 6.45) is -0.0511. The SMILES string of the molecule is CN(CCC(O)c1ccc(F)cc1)Cc1ccc(F)cc1. The van der Waals surface area contributed by atoms with Crippen LogP contribution in [-0.4, -0.2) is 23.6 Å². The first kappa shape index (κ1) is 15.6. The average molecular weight is 291 g/mol. The van der Waals surface area contributed by atoms with Crippen LogP contribution in [0.4, 0.5) is 8.78 Å². The average Bonchev–Trinajstić information content (AvgIpc) is 2.48. The third-order valence-electron chi connectivity index (χ3n) is 3.40. The highest BCUT2D eigenvalue weighted by Gasteiger charge is 2.09. The Bertz CT molecular complexity index is 554. The Labute approximate surface area is 123 Å². The predicted molar refractivity (Wildman–Crippen MR) is 78.7 cm³/mol. The molecule has 0 heterocycles. The van der Waals surface area contributed by atoms with Gasteiger partial charge in [-0.05, 0) is 48.9 Å². The third-order valence-corrected chi connectivity index (χ3v) is 3.40. The number of hydrogen-bond acceptors (Lipinski definition) is 2. The lowest BCUT2D eigenvalue weighted by Gasteiger charge is -2.19. The van der Waals surface area contributed by atoms with E-state index in [2.05, 4.69) is 4.90 Å². The fourth-order valence-corrected chi connectivity index (χ4v) is 2.17. The molecule has 2 rings (SSSR count). The van der Waals surface area contributed by atoms with Crippen LogP contribution < -0.4 is 0 Å². The van der Waals surface area contributed by atoms with Gasteiger partial charge in [0.15, 0.2) is 0 Å². The van der Waals surface area contributed by atoms with E-state index in [1.165, 1.54) is 24.3 Å². The van der Waals surface area contributed by atoms with Gasteiger partial charge in [-0.2, -0.15) is 0 Å². The molecular formula is C17H19F2NO. The molecule has 0 aliphatic heterocycles. The number of aliphatic hydroxyl groups excluding tert-OH is 1. The number of hydrogen-bond donors (Lipinski definition) is 1. The first-order chi connectivity index (χ1) is 10.0. The van der Waals surface area contributed by atoms with Crippen LogP contribution >= 0.6 is 0 Å². The summed E-state index contributed by atoms with van der Waals surface area (Å²) in [5, 5.41) is 10.1. The maximum atomic E-state index is 12.8. The van der Waals surface area contributed by atoms with Crippen molar-refractivity contribution in [3.05, 3.63) is 71.3 Å². The molecule has 0 aliphatic carbocycles. The van der Waals surface area contributed by atoms with Crippen LogP contribution in [0.5, 0.6) is 0 Å². The molecule has 0 saturated heterocycles. The van der Waals surface area contributed by atoms with Crippen molar-refractivity contribution < 1.29 is 13.9 Å². The first-order valence-electron chi connectivity index (χ1n) is 6.91. The Balaban J connectivity index is 1.81. The maximum Gasteiger partial charge on any atom is 0.123 e. The zero-order valence-corrected chi connectivity index (χ0v) is 12.0. The topological polar surface area (TPSA) is 23.5 Å². The molecule has 1 unspecified atom stereocenters. The van der Waals surface area contributed by atoms with E-state index >= 15 is 0 Å². The summed E-state index contributed by atoms with van der Waals surface area (Å²) in [5.74, 6) is -0.549. The van der Waals surface area contributed by atoms with Crippen molar-refractivity contribution in [3.63, 3.8) is 0 Å². The predicted octanol–water partition coefficient (Wildman–Crippen LogP) is 3.52. The van der Waals surface area contributed by atoms with Crippen molar-refractivity contribution in [2.45, 2.75) is 19.1 Å². The largest absolute Gasteiger partial charge is 0.388 e. The minimum atomic E-state index is -0.610. The van der Waals surface area contributed by atoms with E-state index in [1.54, 1.807) is 24.3 Å². The number of aliphatic hydroxyl groups is 1. The Morgan fingerprint density at radius 1 is 0.952 bits per heavy atom. The van der Waals surface area contributed by atoms with Crippen molar-refractivity contribution in [3.8, 4) is 0 Å². The number of benzene rings is 2. The van der Waals surface area contributed by atoms with E-state index in [-0.39, 0.29) is 11.6 Å². The number of rotatable bonds is 6. The van der Waals surface area contributed by atoms with Gasteiger partial charge in [-0.15, -0.1) is 0 Å². The van der Waals surface area contributed by atoms with Gasteiger partial charge in [0.25, 0.3) is 0 Å². The lowest BCUT2D eigenvalue weighted by Crippen LogP contribution is -2.21. The van der Waals surface area contributed by atoms with E-state index < -0.39 is 6.10 Å². The van der Waals surface area contributed by atoms with Crippen molar-refractivity contribution >= 4 is 0 Å². The van der Waals surface area contributed by atoms with Crippen LogP contribution in [0.2, 0.25) is 0 Å². The molecule has 0 aliphatic rings. The smallest absolute Gasteiger partial charge is 0.123 e. The highest BCUT2D eigenvalue weighted by molar-refractivity contribution is 5.18. The summed E-state index contributed by atoms with van der Waals surface area (Å²) in [5.41, 5.74) is 1.74. The summed E-state index contributed by atoms with van der Waals surface area (Å²) < 4.78 is 25.6. The van der Waals surface area contributed by atoms with Crippen LogP contribution in [0.25, 0.3) is 0 Å². The fourth-order valence-electron chi connectivity index (χ4n) is 2.17. The number of nitrogens with zero attached hydrogens (tertiary/aromatic N) is 1. The number of halogens is 2. The summed E-state index contributed by atoms with van der Waals surface area (Å²) in [4.78, 5) is 2.06. The molecule has 1 N–H and O–H groups in total. The molecule has 2 aromatic rings. The highest BCUT2D eigenvalue weighted by atomic mass is 19.1. The van der Waals surface area contributed by atoms with Crippen molar-refractivity contribution in [2.24, 2.45) is 0 Å². The van der Waals surface area contributed by atoms with Crippen molar-refractivity contribution in [2.75, 3.05) is 13.6 Å². The Hall–Kier alpha value is -1.78. The maximum absolute atomic E-state index is 12.8. The molecule has 112 valence electrons. The zero-order chi connectivity index (χ0) is 15.2. The van der Waals surface area contributed by atoms with Crippen LogP contribution in [0.3, 0.4) is 0 Å². The Morgan fingerprint density at radius 2 is 1.48 bits per heavy atom. The fraction of sp³-hybridized carbons (Fsp3) is 0.294. The second-order valence-electron chi connectivity index (χ2n) is 5.22. The normalized spacial score (nSPS) is 12.6. The van der Waals surface area contributed by atoms with E-state index in [4.69, 9.17) is 0 Å². The summed E-state index contributed by atoms with van der Waals surface area (Å²) in [6, 6.07) is 12.3. The molecule has 0 bridgehead atoms. The monoisotopic (exact) mass is 291 g/mol. The molecule has 0 spiro atoms. The zero-order valence-electron chi connectivity index (χ0n) is 12.0. The quantitative estimate of drug-likeness (QED) is 0.880. The highest BCUT2D eigenvalue weighted by Crippen LogP contribution is 2.17. The minimum absolute atomic E-state index is 0.242. The van der Waals surface area contributed by atoms with Gasteiger partial charge in [-0.1, -0.05) is 24.3 Å². The van der Waals surface area contributed by atoms with Crippen molar-refractivity contribution in [1.29, 1.82) is 0 Å². The van der Waals surface area contributed by atoms with Gasteiger partial charge in [-0.3, -0.25) is 0 Å². The van der Waals surface area contributed by atoms with Crippen LogP contribution in [-0.2, 0) is 6.54 Å². The Kier molecular flexibility index (Phi) is 5.42. The van der Waals surface area contributed by atoms with Gasteiger partial charge < -0.3 is 10.0 Å². The van der Waals surface area contributed by atoms with Gasteiger partial charge >= 0.3 is 0 Å². The van der Waals surface area contributed by atoms with Gasteiger partial charge in [0.2, 0.25) is 0 Å². The summed E-state index contributed by atoms with van der Waals surface area (Å²) >= 11 is 0. The molecule has 21 heavy (non-hydrogen) atoms. The van der Waals surface area contributed by atoms with E-state index in [1.807, 2.05) is 7.05 Å². The van der Waals surface area contributed by atoms with Crippen molar-refractivity contribution in [1.82, 2.24) is 4.90 Å². The molecule has 0 radical (unpaired) electrons. The minimum Gasteiger partial charge on any atom is -0.388 e. The van der Waals surface area contributed by atoms with Gasteiger partial charge in [0.1, 0.15) is 11.6 Å². The standard InChI is InChI=1S/C17H19F2NO/c1-20(12-13-2-6-15(18)7-3-13)11-10-17(21)14-4-8-16(19)9-5-14/h2-9,17,21H,10-12H2,1H3. The van der Waals surface area contributed by atoms with Crippen LogP contribution in [0.15, 0.2) is 48.5 Å². The lowest BCUT2D eigenvalue weighted by atomic mass is 10.1. The Morgan fingerprint density at radius 3 is 2.05 bits per heavy atom. The lowest BCUT2D eigenvalue weighted by molar-refractivity contribution is 0.147. The third kappa shape index (κ3) is 4.92. The molecule has 0 amide bonds.